The van der Waals surface area contributed by atoms with E-state index in [1.807, 2.05) is 18.2 Å². The van der Waals surface area contributed by atoms with Gasteiger partial charge in [-0.1, -0.05) is 23.7 Å². The zero-order valence-electron chi connectivity index (χ0n) is 15.8. The van der Waals surface area contributed by atoms with E-state index in [9.17, 15) is 0 Å². The molecule has 5 nitrogen and oxygen atoms in total. The summed E-state index contributed by atoms with van der Waals surface area (Å²) in [6.07, 6.45) is 4.10. The van der Waals surface area contributed by atoms with Crippen molar-refractivity contribution in [1.29, 1.82) is 0 Å². The van der Waals surface area contributed by atoms with Crippen molar-refractivity contribution >= 4 is 17.6 Å². The van der Waals surface area contributed by atoms with E-state index < -0.39 is 0 Å². The lowest BCUT2D eigenvalue weighted by Crippen LogP contribution is -2.38. The molecule has 2 rings (SSSR count). The van der Waals surface area contributed by atoms with Gasteiger partial charge in [-0.05, 0) is 56.2 Å². The predicted molar refractivity (Wildman–Crippen MR) is 108 cm³/mol. The van der Waals surface area contributed by atoms with Crippen LogP contribution in [-0.4, -0.2) is 52.0 Å². The van der Waals surface area contributed by atoms with Crippen molar-refractivity contribution in [3.05, 3.63) is 34.9 Å². The fourth-order valence-corrected chi connectivity index (χ4v) is 3.09. The third-order valence-corrected chi connectivity index (χ3v) is 4.59. The number of rotatable bonds is 10. The Bertz CT molecular complexity index is 534. The minimum Gasteiger partial charge on any atom is -0.381 e. The van der Waals surface area contributed by atoms with Crippen molar-refractivity contribution in [1.82, 2.24) is 10.6 Å². The van der Waals surface area contributed by atoms with Crippen molar-refractivity contribution in [2.45, 2.75) is 32.6 Å². The fourth-order valence-electron chi connectivity index (χ4n) is 2.88. The van der Waals surface area contributed by atoms with Crippen LogP contribution >= 0.6 is 11.6 Å². The molecule has 2 N–H and O–H groups in total. The summed E-state index contributed by atoms with van der Waals surface area (Å²) >= 11 is 6.02. The highest BCUT2D eigenvalue weighted by atomic mass is 35.5. The van der Waals surface area contributed by atoms with Gasteiger partial charge in [-0.15, -0.1) is 0 Å². The first-order valence-corrected chi connectivity index (χ1v) is 10.1. The van der Waals surface area contributed by atoms with Crippen LogP contribution in [0.4, 0.5) is 0 Å². The highest BCUT2D eigenvalue weighted by Gasteiger charge is 2.13. The topological polar surface area (TPSA) is 54.9 Å². The predicted octanol–water partition coefficient (Wildman–Crippen LogP) is 3.27. The van der Waals surface area contributed by atoms with Crippen molar-refractivity contribution in [2.75, 3.05) is 46.1 Å². The average molecular weight is 382 g/mol. The molecule has 0 spiro atoms. The van der Waals surface area contributed by atoms with E-state index >= 15 is 0 Å². The van der Waals surface area contributed by atoms with E-state index in [1.165, 1.54) is 5.56 Å². The number of hydrogen-bond acceptors (Lipinski definition) is 3. The maximum Gasteiger partial charge on any atom is 0.191 e. The Morgan fingerprint density at radius 2 is 2.15 bits per heavy atom. The molecule has 0 bridgehead atoms. The van der Waals surface area contributed by atoms with Crippen molar-refractivity contribution in [2.24, 2.45) is 10.9 Å². The third kappa shape index (κ3) is 8.88. The summed E-state index contributed by atoms with van der Waals surface area (Å²) < 4.78 is 11.2. The molecule has 0 saturated carbocycles. The maximum atomic E-state index is 6.02. The molecule has 1 heterocycles. The molecule has 0 aliphatic carbocycles. The molecular formula is C20H32ClN3O2. The van der Waals surface area contributed by atoms with E-state index in [4.69, 9.17) is 21.1 Å². The number of hydrogen-bond donors (Lipinski definition) is 2. The Hall–Kier alpha value is -1.30. The Kier molecular flexibility index (Phi) is 10.5. The number of halogens is 1. The Morgan fingerprint density at radius 3 is 2.92 bits per heavy atom. The minimum atomic E-state index is 0.665. The first-order valence-electron chi connectivity index (χ1n) is 9.70. The fraction of sp³-hybridized carbons (Fsp3) is 0.650. The molecule has 1 aromatic carbocycles. The Labute approximate surface area is 162 Å². The molecule has 1 aromatic rings. The van der Waals surface area contributed by atoms with Crippen LogP contribution in [0.5, 0.6) is 0 Å². The molecule has 0 amide bonds. The molecule has 6 heteroatoms. The summed E-state index contributed by atoms with van der Waals surface area (Å²) in [7, 11) is 0. The molecule has 1 saturated heterocycles. The molecule has 1 aliphatic heterocycles. The first kappa shape index (κ1) is 21.0. The van der Waals surface area contributed by atoms with Gasteiger partial charge in [0.05, 0.1) is 0 Å². The number of nitrogens with zero attached hydrogens (tertiary/aromatic N) is 1. The van der Waals surface area contributed by atoms with Crippen LogP contribution in [0.3, 0.4) is 0 Å². The number of guanidine groups is 1. The van der Waals surface area contributed by atoms with E-state index in [0.29, 0.717) is 5.92 Å². The second kappa shape index (κ2) is 13.0. The van der Waals surface area contributed by atoms with Crippen LogP contribution in [0.15, 0.2) is 29.3 Å². The van der Waals surface area contributed by atoms with Gasteiger partial charge in [0, 0.05) is 51.1 Å². The van der Waals surface area contributed by atoms with E-state index in [1.54, 1.807) is 0 Å². The molecule has 1 aliphatic rings. The summed E-state index contributed by atoms with van der Waals surface area (Å²) in [6.45, 7) is 7.89. The quantitative estimate of drug-likeness (QED) is 0.371. The van der Waals surface area contributed by atoms with Gasteiger partial charge in [0.25, 0.3) is 0 Å². The molecule has 1 fully saturated rings. The highest BCUT2D eigenvalue weighted by Crippen LogP contribution is 2.14. The van der Waals surface area contributed by atoms with Crippen LogP contribution in [0.1, 0.15) is 31.7 Å². The van der Waals surface area contributed by atoms with Crippen LogP contribution in [-0.2, 0) is 15.9 Å². The van der Waals surface area contributed by atoms with Gasteiger partial charge in [-0.25, -0.2) is 0 Å². The maximum absolute atomic E-state index is 6.02. The smallest absolute Gasteiger partial charge is 0.191 e. The number of ether oxygens (including phenoxy) is 2. The molecule has 26 heavy (non-hydrogen) atoms. The normalized spacial score (nSPS) is 15.8. The van der Waals surface area contributed by atoms with Gasteiger partial charge in [0.1, 0.15) is 0 Å². The van der Waals surface area contributed by atoms with Gasteiger partial charge >= 0.3 is 0 Å². The van der Waals surface area contributed by atoms with E-state index in [-0.39, 0.29) is 0 Å². The average Bonchev–Trinajstić information content (AvgIpc) is 2.65. The second-order valence-electron chi connectivity index (χ2n) is 6.55. The Balaban J connectivity index is 1.59. The summed E-state index contributed by atoms with van der Waals surface area (Å²) in [5.74, 6) is 1.52. The van der Waals surface area contributed by atoms with E-state index in [0.717, 1.165) is 82.7 Å². The zero-order chi connectivity index (χ0) is 18.5. The van der Waals surface area contributed by atoms with Crippen LogP contribution < -0.4 is 10.6 Å². The number of nitrogens with one attached hydrogen (secondary N) is 2. The van der Waals surface area contributed by atoms with Crippen LogP contribution in [0.2, 0.25) is 5.02 Å². The van der Waals surface area contributed by atoms with E-state index in [2.05, 4.69) is 28.6 Å². The summed E-state index contributed by atoms with van der Waals surface area (Å²) in [4.78, 5) is 4.61. The van der Waals surface area contributed by atoms with Gasteiger partial charge in [-0.3, -0.25) is 4.99 Å². The van der Waals surface area contributed by atoms with Crippen molar-refractivity contribution < 1.29 is 9.47 Å². The number of benzene rings is 1. The van der Waals surface area contributed by atoms with Crippen LogP contribution in [0, 0.1) is 5.92 Å². The molecular weight excluding hydrogens is 350 g/mol. The van der Waals surface area contributed by atoms with Gasteiger partial charge in [-0.2, -0.15) is 0 Å². The third-order valence-electron chi connectivity index (χ3n) is 4.35. The summed E-state index contributed by atoms with van der Waals surface area (Å²) in [6, 6.07) is 7.97. The summed E-state index contributed by atoms with van der Waals surface area (Å²) in [5.41, 5.74) is 1.22. The lowest BCUT2D eigenvalue weighted by atomic mass is 10.0. The van der Waals surface area contributed by atoms with Crippen molar-refractivity contribution in [3.63, 3.8) is 0 Å². The molecule has 0 unspecified atom stereocenters. The minimum absolute atomic E-state index is 0.665. The largest absolute Gasteiger partial charge is 0.381 e. The van der Waals surface area contributed by atoms with Gasteiger partial charge < -0.3 is 20.1 Å². The van der Waals surface area contributed by atoms with Crippen LogP contribution in [0.25, 0.3) is 0 Å². The SMILES string of the molecule is CCNC(=NCCCOCC1CCOCC1)NCCc1cccc(Cl)c1. The molecule has 0 radical (unpaired) electrons. The first-order chi connectivity index (χ1) is 12.8. The highest BCUT2D eigenvalue weighted by molar-refractivity contribution is 6.30. The number of aliphatic imine (C=N–C) groups is 1. The van der Waals surface area contributed by atoms with Crippen molar-refractivity contribution in [3.8, 4) is 0 Å². The standard InChI is InChI=1S/C20H32ClN3O2/c1-2-22-20(24-11-7-17-5-3-6-19(21)15-17)23-10-4-12-26-16-18-8-13-25-14-9-18/h3,5-6,15,18H,2,4,7-14,16H2,1H3,(H2,22,23,24). The zero-order valence-corrected chi connectivity index (χ0v) is 16.6. The van der Waals surface area contributed by atoms with Gasteiger partial charge in [0.2, 0.25) is 0 Å². The summed E-state index contributed by atoms with van der Waals surface area (Å²) in [5, 5.41) is 7.43. The second-order valence-corrected chi connectivity index (χ2v) is 6.99. The molecule has 0 aromatic heterocycles. The molecule has 146 valence electrons. The Morgan fingerprint density at radius 1 is 1.31 bits per heavy atom. The monoisotopic (exact) mass is 381 g/mol. The lowest BCUT2D eigenvalue weighted by molar-refractivity contribution is 0.0205. The lowest BCUT2D eigenvalue weighted by Gasteiger charge is -2.21. The molecule has 0 atom stereocenters. The van der Waals surface area contributed by atoms with Gasteiger partial charge in [0.15, 0.2) is 5.96 Å².